The van der Waals surface area contributed by atoms with Crippen LogP contribution in [0.4, 0.5) is 0 Å². The lowest BCUT2D eigenvalue weighted by molar-refractivity contribution is 0.0694. The van der Waals surface area contributed by atoms with E-state index in [0.717, 1.165) is 16.3 Å². The molecule has 0 atom stereocenters. The molecule has 0 spiro atoms. The predicted octanol–water partition coefficient (Wildman–Crippen LogP) is 2.55. The second kappa shape index (κ2) is 3.28. The molecule has 0 unspecified atom stereocenters. The fraction of sp³-hybridized carbons (Fsp3) is 0.0833. The molecule has 0 saturated carbocycles. The number of fused-ring (bicyclic) bond motifs is 1. The van der Waals surface area contributed by atoms with Gasteiger partial charge in [0.25, 0.3) is 0 Å². The third-order valence-corrected chi connectivity index (χ3v) is 2.34. The molecule has 0 heterocycles. The van der Waals surface area contributed by atoms with E-state index in [1.807, 2.05) is 25.1 Å². The smallest absolute Gasteiger partial charge is 0.339 e. The molecular formula is C12H10O3. The molecule has 0 bridgehead atoms. The summed E-state index contributed by atoms with van der Waals surface area (Å²) >= 11 is 0. The van der Waals surface area contributed by atoms with Crippen molar-refractivity contribution in [3.05, 3.63) is 41.5 Å². The Hall–Kier alpha value is -2.03. The van der Waals surface area contributed by atoms with Crippen molar-refractivity contribution in [2.75, 3.05) is 0 Å². The van der Waals surface area contributed by atoms with Gasteiger partial charge in [0.05, 0.1) is 0 Å². The summed E-state index contributed by atoms with van der Waals surface area (Å²) < 4.78 is 0. The van der Waals surface area contributed by atoms with Gasteiger partial charge in [0.2, 0.25) is 0 Å². The second-order valence-corrected chi connectivity index (χ2v) is 3.53. The van der Waals surface area contributed by atoms with Crippen molar-refractivity contribution in [3.63, 3.8) is 0 Å². The van der Waals surface area contributed by atoms with Crippen LogP contribution in [0.5, 0.6) is 5.75 Å². The Labute approximate surface area is 86.6 Å². The van der Waals surface area contributed by atoms with Crippen molar-refractivity contribution in [1.82, 2.24) is 0 Å². The number of rotatable bonds is 1. The fourth-order valence-electron chi connectivity index (χ4n) is 1.58. The van der Waals surface area contributed by atoms with Gasteiger partial charge in [-0.05, 0) is 29.8 Å². The van der Waals surface area contributed by atoms with E-state index in [-0.39, 0.29) is 11.3 Å². The van der Waals surface area contributed by atoms with Gasteiger partial charge in [-0.1, -0.05) is 23.8 Å². The van der Waals surface area contributed by atoms with Crippen molar-refractivity contribution in [2.45, 2.75) is 6.92 Å². The van der Waals surface area contributed by atoms with E-state index in [2.05, 4.69) is 0 Å². The van der Waals surface area contributed by atoms with Gasteiger partial charge in [0.1, 0.15) is 11.3 Å². The maximum absolute atomic E-state index is 10.8. The van der Waals surface area contributed by atoms with Crippen molar-refractivity contribution in [1.29, 1.82) is 0 Å². The second-order valence-electron chi connectivity index (χ2n) is 3.53. The van der Waals surface area contributed by atoms with E-state index in [4.69, 9.17) is 5.11 Å². The Kier molecular flexibility index (Phi) is 2.08. The molecule has 0 aliphatic rings. The molecule has 0 aliphatic heterocycles. The maximum Gasteiger partial charge on any atom is 0.339 e. The molecule has 2 aromatic carbocycles. The zero-order valence-corrected chi connectivity index (χ0v) is 8.19. The molecule has 2 aromatic rings. The van der Waals surface area contributed by atoms with Crippen LogP contribution in [0.1, 0.15) is 15.9 Å². The number of carboxylic acid groups (broad SMARTS) is 1. The Morgan fingerprint density at radius 3 is 2.53 bits per heavy atom. The summed E-state index contributed by atoms with van der Waals surface area (Å²) in [6, 6.07) is 8.62. The highest BCUT2D eigenvalue weighted by molar-refractivity contribution is 5.97. The van der Waals surface area contributed by atoms with Crippen LogP contribution in [0, 0.1) is 6.92 Å². The molecule has 3 nitrogen and oxygen atoms in total. The van der Waals surface area contributed by atoms with E-state index in [1.54, 1.807) is 0 Å². The molecule has 0 fully saturated rings. The van der Waals surface area contributed by atoms with Gasteiger partial charge in [-0.3, -0.25) is 0 Å². The normalized spacial score (nSPS) is 10.5. The molecule has 2 rings (SSSR count). The summed E-state index contributed by atoms with van der Waals surface area (Å²) in [5.41, 5.74) is 0.998. The third kappa shape index (κ3) is 1.64. The van der Waals surface area contributed by atoms with Gasteiger partial charge in [-0.25, -0.2) is 4.79 Å². The largest absolute Gasteiger partial charge is 0.507 e. The standard InChI is InChI=1S/C12H10O3/c1-7-2-3-8-6-11(13)10(12(14)15)5-9(8)4-7/h2-6,13H,1H3,(H,14,15). The molecule has 0 aliphatic carbocycles. The molecule has 15 heavy (non-hydrogen) atoms. The lowest BCUT2D eigenvalue weighted by atomic mass is 10.0. The molecule has 0 radical (unpaired) electrons. The molecule has 76 valence electrons. The monoisotopic (exact) mass is 202 g/mol. The van der Waals surface area contributed by atoms with Gasteiger partial charge in [0.15, 0.2) is 0 Å². The van der Waals surface area contributed by atoms with Gasteiger partial charge >= 0.3 is 5.97 Å². The first kappa shape index (κ1) is 9.52. The minimum atomic E-state index is -1.11. The zero-order valence-electron chi connectivity index (χ0n) is 8.19. The molecular weight excluding hydrogens is 192 g/mol. The number of phenols is 1. The first-order valence-electron chi connectivity index (χ1n) is 4.54. The van der Waals surface area contributed by atoms with E-state index >= 15 is 0 Å². The average Bonchev–Trinajstić information content (AvgIpc) is 2.17. The summed E-state index contributed by atoms with van der Waals surface area (Å²) in [4.78, 5) is 10.8. The number of hydrogen-bond acceptors (Lipinski definition) is 2. The van der Waals surface area contributed by atoms with Crippen LogP contribution < -0.4 is 0 Å². The van der Waals surface area contributed by atoms with Crippen molar-refractivity contribution in [3.8, 4) is 5.75 Å². The Morgan fingerprint density at radius 1 is 1.13 bits per heavy atom. The lowest BCUT2D eigenvalue weighted by Gasteiger charge is -2.03. The van der Waals surface area contributed by atoms with Crippen LogP contribution in [0.15, 0.2) is 30.3 Å². The van der Waals surface area contributed by atoms with Crippen molar-refractivity contribution < 1.29 is 15.0 Å². The number of benzene rings is 2. The topological polar surface area (TPSA) is 57.5 Å². The van der Waals surface area contributed by atoms with Crippen LogP contribution in [0.2, 0.25) is 0 Å². The van der Waals surface area contributed by atoms with Crippen LogP contribution in [0.3, 0.4) is 0 Å². The van der Waals surface area contributed by atoms with E-state index in [9.17, 15) is 9.90 Å². The average molecular weight is 202 g/mol. The van der Waals surface area contributed by atoms with Crippen molar-refractivity contribution >= 4 is 16.7 Å². The van der Waals surface area contributed by atoms with E-state index < -0.39 is 5.97 Å². The van der Waals surface area contributed by atoms with Crippen LogP contribution >= 0.6 is 0 Å². The number of hydrogen-bond donors (Lipinski definition) is 2. The summed E-state index contributed by atoms with van der Waals surface area (Å²) in [7, 11) is 0. The first-order chi connectivity index (χ1) is 7.08. The quantitative estimate of drug-likeness (QED) is 0.747. The highest BCUT2D eigenvalue weighted by Crippen LogP contribution is 2.25. The van der Waals surface area contributed by atoms with E-state index in [1.165, 1.54) is 12.1 Å². The summed E-state index contributed by atoms with van der Waals surface area (Å²) in [5, 5.41) is 20.0. The summed E-state index contributed by atoms with van der Waals surface area (Å²) in [6.45, 7) is 1.94. The third-order valence-electron chi connectivity index (χ3n) is 2.34. The van der Waals surface area contributed by atoms with Crippen LogP contribution in [-0.4, -0.2) is 16.2 Å². The predicted molar refractivity (Wildman–Crippen MR) is 57.3 cm³/mol. The minimum absolute atomic E-state index is 0.0619. The fourth-order valence-corrected chi connectivity index (χ4v) is 1.58. The molecule has 0 amide bonds. The highest BCUT2D eigenvalue weighted by Gasteiger charge is 2.10. The number of aromatic hydroxyl groups is 1. The van der Waals surface area contributed by atoms with Gasteiger partial charge in [0, 0.05) is 0 Å². The highest BCUT2D eigenvalue weighted by atomic mass is 16.4. The van der Waals surface area contributed by atoms with E-state index in [0.29, 0.717) is 0 Å². The Balaban J connectivity index is 2.77. The summed E-state index contributed by atoms with van der Waals surface area (Å²) in [5.74, 6) is -1.31. The van der Waals surface area contributed by atoms with Crippen molar-refractivity contribution in [2.24, 2.45) is 0 Å². The number of carboxylic acids is 1. The van der Waals surface area contributed by atoms with Gasteiger partial charge < -0.3 is 10.2 Å². The van der Waals surface area contributed by atoms with Gasteiger partial charge in [-0.15, -0.1) is 0 Å². The Morgan fingerprint density at radius 2 is 1.87 bits per heavy atom. The number of aryl methyl sites for hydroxylation is 1. The molecule has 3 heteroatoms. The molecule has 0 aromatic heterocycles. The number of carbonyl (C=O) groups is 1. The minimum Gasteiger partial charge on any atom is -0.507 e. The number of aromatic carboxylic acids is 1. The van der Waals surface area contributed by atoms with Crippen LogP contribution in [0.25, 0.3) is 10.8 Å². The summed E-state index contributed by atoms with van der Waals surface area (Å²) in [6.07, 6.45) is 0. The van der Waals surface area contributed by atoms with Crippen LogP contribution in [-0.2, 0) is 0 Å². The maximum atomic E-state index is 10.8. The molecule has 2 N–H and O–H groups in total. The molecule has 0 saturated heterocycles. The Bertz CT molecular complexity index is 544. The zero-order chi connectivity index (χ0) is 11.0. The first-order valence-corrected chi connectivity index (χ1v) is 4.54. The lowest BCUT2D eigenvalue weighted by Crippen LogP contribution is -1.96. The SMILES string of the molecule is Cc1ccc2cc(O)c(C(=O)O)cc2c1. The van der Waals surface area contributed by atoms with Gasteiger partial charge in [-0.2, -0.15) is 0 Å².